The van der Waals surface area contributed by atoms with Crippen LogP contribution in [0, 0.1) is 21.7 Å². The number of hydrogen-bond acceptors (Lipinski definition) is 3. The second kappa shape index (κ2) is 14.2. The van der Waals surface area contributed by atoms with Gasteiger partial charge in [0.2, 0.25) is 0 Å². The molecule has 28 heavy (non-hydrogen) atoms. The van der Waals surface area contributed by atoms with E-state index >= 15 is 0 Å². The molecule has 0 radical (unpaired) electrons. The lowest BCUT2D eigenvalue weighted by Crippen LogP contribution is -2.33. The van der Waals surface area contributed by atoms with Gasteiger partial charge in [-0.2, -0.15) is 5.10 Å². The monoisotopic (exact) mass is 397 g/mol. The molecule has 0 saturated carbocycles. The van der Waals surface area contributed by atoms with E-state index in [1.54, 1.807) is 0 Å². The molecule has 0 spiro atoms. The Morgan fingerprint density at radius 1 is 0.786 bits per heavy atom. The van der Waals surface area contributed by atoms with Gasteiger partial charge in [-0.1, -0.05) is 103 Å². The highest BCUT2D eigenvalue weighted by atomic mass is 15.1. The zero-order valence-electron chi connectivity index (χ0n) is 22.1. The maximum atomic E-state index is 5.70. The van der Waals surface area contributed by atoms with Crippen molar-refractivity contribution in [2.45, 2.75) is 123 Å². The normalized spacial score (nSPS) is 13.6. The van der Waals surface area contributed by atoms with Crippen LogP contribution in [0.2, 0.25) is 0 Å². The molecule has 2 N–H and O–H groups in total. The standard InChI is InChI=1S/C21H43N3.2C2H6/c1-11-12-19(5,6)15-21(9,10)17(24-22)13-23-16-20(7,8)14-18(2,3)4;2*1-2/h13H,11-12,14-16,22H2,1-10H3;2*1-2H3/b23-13?,24-17+;;. The predicted octanol–water partition coefficient (Wildman–Crippen LogP) is 8.13. The summed E-state index contributed by atoms with van der Waals surface area (Å²) in [5.74, 6) is 5.70. The first-order valence-electron chi connectivity index (χ1n) is 11.4. The third kappa shape index (κ3) is 16.1. The molecule has 170 valence electrons. The molecule has 0 unspecified atom stereocenters. The first-order chi connectivity index (χ1) is 12.6. The minimum absolute atomic E-state index is 0.0644. The lowest BCUT2D eigenvalue weighted by Gasteiger charge is -2.35. The number of rotatable bonds is 9. The summed E-state index contributed by atoms with van der Waals surface area (Å²) in [5, 5.41) is 4.07. The zero-order valence-corrected chi connectivity index (χ0v) is 22.1. The van der Waals surface area contributed by atoms with Crippen LogP contribution in [0.5, 0.6) is 0 Å². The summed E-state index contributed by atoms with van der Waals surface area (Å²) >= 11 is 0. The average molecular weight is 398 g/mol. The second-order valence-electron chi connectivity index (χ2n) is 10.9. The second-order valence-corrected chi connectivity index (χ2v) is 10.9. The molecule has 0 heterocycles. The van der Waals surface area contributed by atoms with E-state index < -0.39 is 0 Å². The minimum atomic E-state index is -0.0644. The van der Waals surface area contributed by atoms with E-state index in [-0.39, 0.29) is 16.2 Å². The third-order valence-corrected chi connectivity index (χ3v) is 4.42. The molecule has 0 aromatic rings. The van der Waals surface area contributed by atoms with Crippen LogP contribution in [0.1, 0.15) is 123 Å². The molecule has 0 atom stereocenters. The molecule has 0 aromatic heterocycles. The van der Waals surface area contributed by atoms with Crippen LogP contribution in [-0.2, 0) is 0 Å². The molecule has 0 fully saturated rings. The van der Waals surface area contributed by atoms with Crippen LogP contribution >= 0.6 is 0 Å². The van der Waals surface area contributed by atoms with Gasteiger partial charge in [-0.3, -0.25) is 4.99 Å². The molecule has 3 heteroatoms. The third-order valence-electron chi connectivity index (χ3n) is 4.42. The highest BCUT2D eigenvalue weighted by Gasteiger charge is 2.32. The van der Waals surface area contributed by atoms with Gasteiger partial charge in [-0.15, -0.1) is 0 Å². The van der Waals surface area contributed by atoms with Crippen molar-refractivity contribution in [3.05, 3.63) is 0 Å². The highest BCUT2D eigenvalue weighted by Crippen LogP contribution is 2.38. The van der Waals surface area contributed by atoms with Crippen molar-refractivity contribution >= 4 is 11.9 Å². The molecule has 0 aromatic carbocycles. The van der Waals surface area contributed by atoms with Crippen LogP contribution < -0.4 is 5.84 Å². The molecule has 0 bridgehead atoms. The van der Waals surface area contributed by atoms with E-state index in [1.807, 2.05) is 33.9 Å². The van der Waals surface area contributed by atoms with E-state index in [0.29, 0.717) is 5.41 Å². The molecular weight excluding hydrogens is 342 g/mol. The summed E-state index contributed by atoms with van der Waals surface area (Å²) in [6.45, 7) is 31.6. The van der Waals surface area contributed by atoms with E-state index in [2.05, 4.69) is 74.3 Å². The van der Waals surface area contributed by atoms with Crippen molar-refractivity contribution in [1.29, 1.82) is 0 Å². The maximum Gasteiger partial charge on any atom is 0.0834 e. The number of nitrogens with two attached hydrogens (primary N) is 1. The Bertz CT molecular complexity index is 435. The van der Waals surface area contributed by atoms with E-state index in [0.717, 1.165) is 25.1 Å². The Morgan fingerprint density at radius 3 is 1.61 bits per heavy atom. The van der Waals surface area contributed by atoms with Gasteiger partial charge < -0.3 is 5.84 Å². The number of hydrogen-bond donors (Lipinski definition) is 1. The van der Waals surface area contributed by atoms with Crippen LogP contribution in [-0.4, -0.2) is 18.5 Å². The molecular formula is C25H55N3. The van der Waals surface area contributed by atoms with Crippen LogP contribution in [0.25, 0.3) is 0 Å². The van der Waals surface area contributed by atoms with Crippen molar-refractivity contribution in [1.82, 2.24) is 0 Å². The van der Waals surface area contributed by atoms with Crippen molar-refractivity contribution < 1.29 is 0 Å². The lowest BCUT2D eigenvalue weighted by atomic mass is 9.71. The van der Waals surface area contributed by atoms with E-state index in [9.17, 15) is 0 Å². The number of nitrogens with zero attached hydrogens (tertiary/aromatic N) is 2. The lowest BCUT2D eigenvalue weighted by molar-refractivity contribution is 0.220. The molecule has 0 aliphatic heterocycles. The van der Waals surface area contributed by atoms with Gasteiger partial charge >= 0.3 is 0 Å². The van der Waals surface area contributed by atoms with Crippen molar-refractivity contribution in [2.75, 3.05) is 6.54 Å². The van der Waals surface area contributed by atoms with Gasteiger partial charge in [0, 0.05) is 18.2 Å². The van der Waals surface area contributed by atoms with Gasteiger partial charge in [-0.05, 0) is 35.5 Å². The maximum absolute atomic E-state index is 5.70. The predicted molar refractivity (Wildman–Crippen MR) is 133 cm³/mol. The smallest absolute Gasteiger partial charge is 0.0834 e. The Balaban J connectivity index is -0.00000146. The zero-order chi connectivity index (χ0) is 23.2. The van der Waals surface area contributed by atoms with Crippen molar-refractivity contribution in [3.63, 3.8) is 0 Å². The van der Waals surface area contributed by atoms with Gasteiger partial charge in [0.15, 0.2) is 0 Å². The Labute approximate surface area is 179 Å². The molecule has 0 rings (SSSR count). The number of aliphatic imine (C=N–C) groups is 1. The molecule has 3 nitrogen and oxygen atoms in total. The van der Waals surface area contributed by atoms with Crippen LogP contribution in [0.3, 0.4) is 0 Å². The Hall–Kier alpha value is -0.860. The van der Waals surface area contributed by atoms with Gasteiger partial charge in [0.25, 0.3) is 0 Å². The summed E-state index contributed by atoms with van der Waals surface area (Å²) in [7, 11) is 0. The SMILES string of the molecule is CC.CC.CCCC(C)(C)CC(C)(C)/C(C=NCC(C)(C)CC(C)(C)C)=N/N. The van der Waals surface area contributed by atoms with E-state index in [4.69, 9.17) is 10.8 Å². The summed E-state index contributed by atoms with van der Waals surface area (Å²) in [5.41, 5.74) is 1.62. The topological polar surface area (TPSA) is 50.7 Å². The fraction of sp³-hybridized carbons (Fsp3) is 0.920. The molecule has 0 saturated heterocycles. The van der Waals surface area contributed by atoms with Gasteiger partial charge in [0.1, 0.15) is 0 Å². The molecule has 0 aliphatic carbocycles. The molecule has 0 aliphatic rings. The summed E-state index contributed by atoms with van der Waals surface area (Å²) < 4.78 is 0. The van der Waals surface area contributed by atoms with Crippen molar-refractivity contribution in [2.24, 2.45) is 37.6 Å². The Kier molecular flexibility index (Phi) is 16.1. The quantitative estimate of drug-likeness (QED) is 0.238. The largest absolute Gasteiger partial charge is 0.323 e. The average Bonchev–Trinajstić information content (AvgIpc) is 2.51. The van der Waals surface area contributed by atoms with Gasteiger partial charge in [-0.25, -0.2) is 0 Å². The minimum Gasteiger partial charge on any atom is -0.323 e. The van der Waals surface area contributed by atoms with Crippen LogP contribution in [0.4, 0.5) is 0 Å². The summed E-state index contributed by atoms with van der Waals surface area (Å²) in [6, 6.07) is 0. The van der Waals surface area contributed by atoms with Crippen molar-refractivity contribution in [3.8, 4) is 0 Å². The first-order valence-corrected chi connectivity index (χ1v) is 11.4. The number of hydrazone groups is 1. The van der Waals surface area contributed by atoms with Crippen LogP contribution in [0.15, 0.2) is 10.1 Å². The fourth-order valence-electron chi connectivity index (χ4n) is 4.31. The molecule has 0 amide bonds. The Morgan fingerprint density at radius 2 is 1.25 bits per heavy atom. The fourth-order valence-corrected chi connectivity index (χ4v) is 4.31. The van der Waals surface area contributed by atoms with Gasteiger partial charge in [0.05, 0.1) is 5.71 Å². The van der Waals surface area contributed by atoms with E-state index in [1.165, 1.54) is 12.8 Å². The summed E-state index contributed by atoms with van der Waals surface area (Å²) in [4.78, 5) is 4.70. The highest BCUT2D eigenvalue weighted by molar-refractivity contribution is 6.32. The first kappa shape index (κ1) is 31.8. The summed E-state index contributed by atoms with van der Waals surface area (Å²) in [6.07, 6.45) is 6.52.